The Morgan fingerprint density at radius 1 is 1.38 bits per heavy atom. The first-order valence-corrected chi connectivity index (χ1v) is 5.62. The Balaban J connectivity index is 1.94. The van der Waals surface area contributed by atoms with Gasteiger partial charge in [0.1, 0.15) is 0 Å². The zero-order valence-corrected chi connectivity index (χ0v) is 9.12. The molecular weight excluding hydrogens is 205 g/mol. The van der Waals surface area contributed by atoms with Crippen LogP contribution in [0.15, 0.2) is 30.4 Å². The highest BCUT2D eigenvalue weighted by Crippen LogP contribution is 2.21. The predicted octanol–water partition coefficient (Wildman–Crippen LogP) is 2.73. The molecule has 1 aliphatic carbocycles. The average Bonchev–Trinajstić information content (AvgIpc) is 2.32. The molecule has 3 heteroatoms. The van der Waals surface area contributed by atoms with Gasteiger partial charge >= 0.3 is 0 Å². The summed E-state index contributed by atoms with van der Waals surface area (Å²) < 4.78 is 13.1. The van der Waals surface area contributed by atoms with E-state index in [1.165, 1.54) is 6.07 Å². The van der Waals surface area contributed by atoms with Crippen molar-refractivity contribution < 1.29 is 9.50 Å². The normalized spacial score (nSPS) is 19.9. The molecule has 0 aromatic heterocycles. The highest BCUT2D eigenvalue weighted by atomic mass is 19.1. The fourth-order valence-electron chi connectivity index (χ4n) is 1.94. The first kappa shape index (κ1) is 11.1. The topological polar surface area (TPSA) is 32.3 Å². The Labute approximate surface area is 94.8 Å². The van der Waals surface area contributed by atoms with E-state index in [1.807, 2.05) is 0 Å². The first-order chi connectivity index (χ1) is 7.77. The molecule has 0 fully saturated rings. The minimum absolute atomic E-state index is 0.235. The van der Waals surface area contributed by atoms with Gasteiger partial charge in [-0.1, -0.05) is 24.3 Å². The number of hydrogen-bond acceptors (Lipinski definition) is 2. The Bertz CT molecular complexity index is 390. The Hall–Kier alpha value is -1.35. The Kier molecular flexibility index (Phi) is 3.57. The lowest BCUT2D eigenvalue weighted by molar-refractivity contribution is 0.415. The number of para-hydroxylation sites is 1. The molecule has 1 unspecified atom stereocenters. The molecular formula is C13H16FNO. The number of phenolic OH excluding ortho intramolecular Hbond substituents is 1. The zero-order chi connectivity index (χ0) is 11.4. The van der Waals surface area contributed by atoms with E-state index in [4.69, 9.17) is 0 Å². The monoisotopic (exact) mass is 221 g/mol. The predicted molar refractivity (Wildman–Crippen MR) is 61.7 cm³/mol. The number of rotatable bonds is 3. The number of aromatic hydroxyl groups is 1. The van der Waals surface area contributed by atoms with E-state index < -0.39 is 5.82 Å². The van der Waals surface area contributed by atoms with Crippen LogP contribution in [0.3, 0.4) is 0 Å². The third-order valence-electron chi connectivity index (χ3n) is 2.92. The van der Waals surface area contributed by atoms with Crippen molar-refractivity contribution in [1.29, 1.82) is 0 Å². The molecule has 0 amide bonds. The molecule has 0 spiro atoms. The van der Waals surface area contributed by atoms with Crippen molar-refractivity contribution in [2.24, 2.45) is 0 Å². The maximum Gasteiger partial charge on any atom is 0.165 e. The molecule has 0 heterocycles. The molecule has 1 aromatic carbocycles. The van der Waals surface area contributed by atoms with Crippen LogP contribution < -0.4 is 5.32 Å². The minimum atomic E-state index is -0.553. The van der Waals surface area contributed by atoms with E-state index in [2.05, 4.69) is 17.5 Å². The SMILES string of the molecule is Oc1c(F)cccc1CNC1CC=CCC1. The summed E-state index contributed by atoms with van der Waals surface area (Å²) in [5, 5.41) is 12.8. The van der Waals surface area contributed by atoms with Crippen molar-refractivity contribution in [3.8, 4) is 5.75 Å². The Morgan fingerprint density at radius 2 is 2.25 bits per heavy atom. The van der Waals surface area contributed by atoms with Gasteiger partial charge in [0, 0.05) is 18.2 Å². The summed E-state index contributed by atoms with van der Waals surface area (Å²) in [5.41, 5.74) is 0.620. The molecule has 0 bridgehead atoms. The van der Waals surface area contributed by atoms with Gasteiger partial charge in [0.15, 0.2) is 11.6 Å². The lowest BCUT2D eigenvalue weighted by Crippen LogP contribution is -2.29. The third kappa shape index (κ3) is 2.61. The van der Waals surface area contributed by atoms with Gasteiger partial charge in [-0.15, -0.1) is 0 Å². The van der Waals surface area contributed by atoms with Crippen LogP contribution in [0.2, 0.25) is 0 Å². The number of benzene rings is 1. The van der Waals surface area contributed by atoms with Crippen LogP contribution in [-0.4, -0.2) is 11.1 Å². The molecule has 0 saturated carbocycles. The number of nitrogens with one attached hydrogen (secondary N) is 1. The van der Waals surface area contributed by atoms with E-state index in [0.717, 1.165) is 19.3 Å². The van der Waals surface area contributed by atoms with E-state index in [1.54, 1.807) is 12.1 Å². The van der Waals surface area contributed by atoms with Gasteiger partial charge in [0.25, 0.3) is 0 Å². The van der Waals surface area contributed by atoms with Crippen LogP contribution in [0.1, 0.15) is 24.8 Å². The summed E-state index contributed by atoms with van der Waals surface area (Å²) >= 11 is 0. The second-order valence-electron chi connectivity index (χ2n) is 4.11. The Morgan fingerprint density at radius 3 is 3.00 bits per heavy atom. The van der Waals surface area contributed by atoms with Crippen molar-refractivity contribution in [1.82, 2.24) is 5.32 Å². The summed E-state index contributed by atoms with van der Waals surface area (Å²) in [7, 11) is 0. The highest BCUT2D eigenvalue weighted by Gasteiger charge is 2.11. The van der Waals surface area contributed by atoms with Gasteiger partial charge in [0.2, 0.25) is 0 Å². The fraction of sp³-hybridized carbons (Fsp3) is 0.385. The average molecular weight is 221 g/mol. The maximum atomic E-state index is 13.1. The number of hydrogen-bond donors (Lipinski definition) is 2. The molecule has 16 heavy (non-hydrogen) atoms. The molecule has 2 nitrogen and oxygen atoms in total. The van der Waals surface area contributed by atoms with E-state index >= 15 is 0 Å². The quantitative estimate of drug-likeness (QED) is 0.769. The highest BCUT2D eigenvalue weighted by molar-refractivity contribution is 5.33. The lowest BCUT2D eigenvalue weighted by atomic mass is 10.0. The minimum Gasteiger partial charge on any atom is -0.505 e. The standard InChI is InChI=1S/C13H16FNO/c14-12-8-4-5-10(13(12)16)9-15-11-6-2-1-3-7-11/h1-2,4-5,8,11,15-16H,3,6-7,9H2. The lowest BCUT2D eigenvalue weighted by Gasteiger charge is -2.19. The fourth-order valence-corrected chi connectivity index (χ4v) is 1.94. The molecule has 1 aliphatic rings. The van der Waals surface area contributed by atoms with Crippen molar-refractivity contribution in [3.05, 3.63) is 41.7 Å². The van der Waals surface area contributed by atoms with E-state index in [9.17, 15) is 9.50 Å². The van der Waals surface area contributed by atoms with Gasteiger partial charge in [-0.2, -0.15) is 0 Å². The summed E-state index contributed by atoms with van der Waals surface area (Å²) in [6.07, 6.45) is 7.54. The van der Waals surface area contributed by atoms with Gasteiger partial charge < -0.3 is 10.4 Å². The molecule has 2 N–H and O–H groups in total. The van der Waals surface area contributed by atoms with Gasteiger partial charge in [0.05, 0.1) is 0 Å². The molecule has 2 rings (SSSR count). The van der Waals surface area contributed by atoms with Crippen LogP contribution in [0, 0.1) is 5.82 Å². The van der Waals surface area contributed by atoms with Crippen LogP contribution in [-0.2, 0) is 6.54 Å². The van der Waals surface area contributed by atoms with E-state index in [-0.39, 0.29) is 5.75 Å². The second kappa shape index (κ2) is 5.12. The van der Waals surface area contributed by atoms with Crippen molar-refractivity contribution >= 4 is 0 Å². The zero-order valence-electron chi connectivity index (χ0n) is 9.12. The molecule has 0 aliphatic heterocycles. The summed E-state index contributed by atoms with van der Waals surface area (Å²) in [5.74, 6) is -0.788. The number of halogens is 1. The van der Waals surface area contributed by atoms with Crippen LogP contribution >= 0.6 is 0 Å². The van der Waals surface area contributed by atoms with Gasteiger partial charge in [-0.25, -0.2) is 4.39 Å². The second-order valence-corrected chi connectivity index (χ2v) is 4.11. The smallest absolute Gasteiger partial charge is 0.165 e. The van der Waals surface area contributed by atoms with Crippen molar-refractivity contribution in [2.45, 2.75) is 31.8 Å². The number of allylic oxidation sites excluding steroid dienone is 1. The summed E-state index contributed by atoms with van der Waals surface area (Å²) in [4.78, 5) is 0. The number of phenols is 1. The van der Waals surface area contributed by atoms with Gasteiger partial charge in [-0.3, -0.25) is 0 Å². The van der Waals surface area contributed by atoms with E-state index in [0.29, 0.717) is 18.2 Å². The van der Waals surface area contributed by atoms with Crippen molar-refractivity contribution in [2.75, 3.05) is 0 Å². The van der Waals surface area contributed by atoms with Crippen LogP contribution in [0.25, 0.3) is 0 Å². The molecule has 0 radical (unpaired) electrons. The van der Waals surface area contributed by atoms with Gasteiger partial charge in [-0.05, 0) is 25.3 Å². The molecule has 1 atom stereocenters. The first-order valence-electron chi connectivity index (χ1n) is 5.62. The largest absolute Gasteiger partial charge is 0.505 e. The maximum absolute atomic E-state index is 13.1. The van der Waals surface area contributed by atoms with Crippen LogP contribution in [0.4, 0.5) is 4.39 Å². The van der Waals surface area contributed by atoms with Crippen molar-refractivity contribution in [3.63, 3.8) is 0 Å². The summed E-state index contributed by atoms with van der Waals surface area (Å²) in [6, 6.07) is 5.06. The molecule has 1 aromatic rings. The van der Waals surface area contributed by atoms with Crippen LogP contribution in [0.5, 0.6) is 5.75 Å². The third-order valence-corrected chi connectivity index (χ3v) is 2.92. The molecule has 0 saturated heterocycles. The summed E-state index contributed by atoms with van der Waals surface area (Å²) in [6.45, 7) is 0.516. The molecule has 86 valence electrons.